The second-order valence-electron chi connectivity index (χ2n) is 7.68. The van der Waals surface area contributed by atoms with Gasteiger partial charge >= 0.3 is 0 Å². The third-order valence-electron chi connectivity index (χ3n) is 5.32. The molecule has 0 N–H and O–H groups in total. The fourth-order valence-corrected chi connectivity index (χ4v) is 4.87. The first-order valence-electron chi connectivity index (χ1n) is 10.7. The smallest absolute Gasteiger partial charge is 0.282 e. The quantitative estimate of drug-likeness (QED) is 0.216. The monoisotopic (exact) mass is 541 g/mol. The molecule has 6 aromatic rings. The Morgan fingerprint density at radius 2 is 1.74 bits per heavy atom. The highest BCUT2D eigenvalue weighted by molar-refractivity contribution is 9.10. The van der Waals surface area contributed by atoms with Gasteiger partial charge in [-0.1, -0.05) is 58.0 Å². The van der Waals surface area contributed by atoms with Crippen LogP contribution in [-0.4, -0.2) is 15.9 Å². The van der Waals surface area contributed by atoms with Crippen LogP contribution in [-0.2, 0) is 0 Å². The number of para-hydroxylation sites is 1. The van der Waals surface area contributed by atoms with E-state index in [1.807, 2.05) is 72.8 Å². The van der Waals surface area contributed by atoms with Gasteiger partial charge in [-0.2, -0.15) is 9.78 Å². The minimum absolute atomic E-state index is 0.297. The number of rotatable bonds is 5. The number of furan rings is 2. The molecule has 6 rings (SSSR count). The Bertz CT molecular complexity index is 1770. The minimum Gasteiger partial charge on any atom is -0.453 e. The standard InChI is InChI=1S/C27H16BrN3O3S/c28-18-10-12-23-17(14-18)15-24(34-23)26-30-22-9-5-4-8-21(22)27(32)31(26)29-16-19-11-13-25(33-19)35-20-6-2-1-3-7-20/h1-16H. The highest BCUT2D eigenvalue weighted by atomic mass is 79.9. The van der Waals surface area contributed by atoms with E-state index in [4.69, 9.17) is 13.8 Å². The summed E-state index contributed by atoms with van der Waals surface area (Å²) >= 11 is 4.99. The van der Waals surface area contributed by atoms with Crippen LogP contribution in [0.1, 0.15) is 5.76 Å². The number of hydrogen-bond acceptors (Lipinski definition) is 6. The number of nitrogens with zero attached hydrogens (tertiary/aromatic N) is 3. The molecule has 0 spiro atoms. The molecule has 6 nitrogen and oxygen atoms in total. The van der Waals surface area contributed by atoms with Crippen LogP contribution in [0.5, 0.6) is 0 Å². The molecule has 0 bridgehead atoms. The lowest BCUT2D eigenvalue weighted by atomic mass is 10.2. The maximum atomic E-state index is 13.4. The summed E-state index contributed by atoms with van der Waals surface area (Å²) in [5.74, 6) is 1.27. The van der Waals surface area contributed by atoms with Crippen molar-refractivity contribution in [1.82, 2.24) is 9.66 Å². The maximum absolute atomic E-state index is 13.4. The first-order valence-corrected chi connectivity index (χ1v) is 12.3. The largest absolute Gasteiger partial charge is 0.453 e. The van der Waals surface area contributed by atoms with Crippen molar-refractivity contribution in [3.8, 4) is 11.6 Å². The van der Waals surface area contributed by atoms with E-state index in [1.165, 1.54) is 22.7 Å². The van der Waals surface area contributed by atoms with Crippen molar-refractivity contribution >= 4 is 55.8 Å². The van der Waals surface area contributed by atoms with Gasteiger partial charge in [-0.3, -0.25) is 4.79 Å². The lowest BCUT2D eigenvalue weighted by molar-refractivity contribution is 0.468. The van der Waals surface area contributed by atoms with E-state index in [0.29, 0.717) is 33.8 Å². The number of aromatic nitrogens is 2. The molecule has 0 aliphatic rings. The number of hydrogen-bond donors (Lipinski definition) is 0. The second-order valence-corrected chi connectivity index (χ2v) is 9.67. The normalized spacial score (nSPS) is 11.7. The Balaban J connectivity index is 1.43. The summed E-state index contributed by atoms with van der Waals surface area (Å²) in [4.78, 5) is 19.2. The molecule has 3 aromatic heterocycles. The van der Waals surface area contributed by atoms with Gasteiger partial charge in [0.25, 0.3) is 5.56 Å². The Kier molecular flexibility index (Phi) is 5.60. The van der Waals surface area contributed by atoms with Crippen molar-refractivity contribution in [3.05, 3.63) is 112 Å². The van der Waals surface area contributed by atoms with Gasteiger partial charge in [-0.25, -0.2) is 4.98 Å². The van der Waals surface area contributed by atoms with Crippen molar-refractivity contribution in [2.45, 2.75) is 9.99 Å². The van der Waals surface area contributed by atoms with Gasteiger partial charge in [-0.15, -0.1) is 0 Å². The van der Waals surface area contributed by atoms with Gasteiger partial charge < -0.3 is 8.83 Å². The molecule has 3 heterocycles. The van der Waals surface area contributed by atoms with Crippen molar-refractivity contribution < 1.29 is 8.83 Å². The molecule has 0 unspecified atom stereocenters. The summed E-state index contributed by atoms with van der Waals surface area (Å²) in [5.41, 5.74) is 0.962. The Hall–Kier alpha value is -3.88. The molecule has 3 aromatic carbocycles. The van der Waals surface area contributed by atoms with Crippen molar-refractivity contribution in [1.29, 1.82) is 0 Å². The molecule has 35 heavy (non-hydrogen) atoms. The minimum atomic E-state index is -0.297. The molecular weight excluding hydrogens is 526 g/mol. The van der Waals surface area contributed by atoms with Crippen LogP contribution in [0.2, 0.25) is 0 Å². The topological polar surface area (TPSA) is 73.5 Å². The lowest BCUT2D eigenvalue weighted by Gasteiger charge is -2.06. The SMILES string of the molecule is O=c1c2ccccc2nc(-c2cc3cc(Br)ccc3o2)n1N=Cc1ccc(Sc2ccccc2)o1. The van der Waals surface area contributed by atoms with Crippen LogP contribution in [0.25, 0.3) is 33.5 Å². The van der Waals surface area contributed by atoms with Crippen molar-refractivity contribution in [2.24, 2.45) is 5.10 Å². The average Bonchev–Trinajstić information content (AvgIpc) is 3.50. The number of benzene rings is 3. The predicted octanol–water partition coefficient (Wildman–Crippen LogP) is 7.20. The fourth-order valence-electron chi connectivity index (χ4n) is 3.69. The van der Waals surface area contributed by atoms with Crippen LogP contribution in [0.15, 0.2) is 124 Å². The van der Waals surface area contributed by atoms with Crippen LogP contribution in [0.4, 0.5) is 0 Å². The van der Waals surface area contributed by atoms with E-state index in [-0.39, 0.29) is 5.56 Å². The predicted molar refractivity (Wildman–Crippen MR) is 141 cm³/mol. The molecule has 0 aliphatic carbocycles. The first-order chi connectivity index (χ1) is 17.1. The third-order valence-corrected chi connectivity index (χ3v) is 6.74. The summed E-state index contributed by atoms with van der Waals surface area (Å²) in [6.45, 7) is 0. The van der Waals surface area contributed by atoms with Gasteiger partial charge in [0.15, 0.2) is 10.9 Å². The zero-order valence-corrected chi connectivity index (χ0v) is 20.5. The van der Waals surface area contributed by atoms with E-state index in [2.05, 4.69) is 21.0 Å². The van der Waals surface area contributed by atoms with E-state index in [1.54, 1.807) is 18.2 Å². The van der Waals surface area contributed by atoms with E-state index < -0.39 is 0 Å². The zero-order valence-electron chi connectivity index (χ0n) is 18.1. The number of halogens is 1. The Morgan fingerprint density at radius 1 is 0.914 bits per heavy atom. The van der Waals surface area contributed by atoms with Crippen LogP contribution >= 0.6 is 27.7 Å². The van der Waals surface area contributed by atoms with Gasteiger partial charge in [0.2, 0.25) is 5.82 Å². The van der Waals surface area contributed by atoms with Crippen molar-refractivity contribution in [2.75, 3.05) is 0 Å². The van der Waals surface area contributed by atoms with E-state index >= 15 is 0 Å². The van der Waals surface area contributed by atoms with E-state index in [9.17, 15) is 4.79 Å². The molecule has 0 aliphatic heterocycles. The molecular formula is C27H16BrN3O3S. The molecule has 0 amide bonds. The van der Waals surface area contributed by atoms with E-state index in [0.717, 1.165) is 19.8 Å². The molecule has 0 saturated carbocycles. The summed E-state index contributed by atoms with van der Waals surface area (Å²) in [5, 5.41) is 6.54. The molecule has 0 fully saturated rings. The highest BCUT2D eigenvalue weighted by Gasteiger charge is 2.16. The van der Waals surface area contributed by atoms with Crippen LogP contribution in [0.3, 0.4) is 0 Å². The fraction of sp³-hybridized carbons (Fsp3) is 0. The zero-order chi connectivity index (χ0) is 23.8. The maximum Gasteiger partial charge on any atom is 0.282 e. The molecule has 8 heteroatoms. The lowest BCUT2D eigenvalue weighted by Crippen LogP contribution is -2.20. The Labute approximate surface area is 212 Å². The highest BCUT2D eigenvalue weighted by Crippen LogP contribution is 2.30. The molecule has 170 valence electrons. The van der Waals surface area contributed by atoms with Gasteiger partial charge in [0, 0.05) is 14.8 Å². The number of fused-ring (bicyclic) bond motifs is 2. The molecule has 0 saturated heterocycles. The summed E-state index contributed by atoms with van der Waals surface area (Å²) in [6.07, 6.45) is 1.51. The van der Waals surface area contributed by atoms with Crippen molar-refractivity contribution in [3.63, 3.8) is 0 Å². The average molecular weight is 542 g/mol. The van der Waals surface area contributed by atoms with Crippen LogP contribution < -0.4 is 5.56 Å². The molecule has 0 atom stereocenters. The molecule has 0 radical (unpaired) electrons. The van der Waals surface area contributed by atoms with Gasteiger partial charge in [0.05, 0.1) is 17.1 Å². The summed E-state index contributed by atoms with van der Waals surface area (Å²) in [7, 11) is 0. The first kappa shape index (κ1) is 21.6. The summed E-state index contributed by atoms with van der Waals surface area (Å²) < 4.78 is 14.1. The Morgan fingerprint density at radius 3 is 2.63 bits per heavy atom. The second kappa shape index (κ2) is 9.05. The van der Waals surface area contributed by atoms with Gasteiger partial charge in [0.1, 0.15) is 11.3 Å². The van der Waals surface area contributed by atoms with Gasteiger partial charge in [-0.05, 0) is 60.7 Å². The third kappa shape index (κ3) is 4.34. The summed E-state index contributed by atoms with van der Waals surface area (Å²) in [6, 6.07) is 28.4. The van der Waals surface area contributed by atoms with Crippen LogP contribution in [0, 0.1) is 0 Å².